The molecule has 0 aliphatic rings. The predicted molar refractivity (Wildman–Crippen MR) is 87.4 cm³/mol. The van der Waals surface area contributed by atoms with Crippen LogP contribution < -0.4 is 15.6 Å². The van der Waals surface area contributed by atoms with Gasteiger partial charge in [-0.25, -0.2) is 4.98 Å². The van der Waals surface area contributed by atoms with Crippen LogP contribution in [0.5, 0.6) is 5.75 Å². The number of carbonyl (C=O) groups is 1. The summed E-state index contributed by atoms with van der Waals surface area (Å²) in [5.41, 5.74) is 0.413. The van der Waals surface area contributed by atoms with Crippen LogP contribution >= 0.6 is 11.6 Å². The van der Waals surface area contributed by atoms with Crippen molar-refractivity contribution >= 4 is 28.8 Å². The predicted octanol–water partition coefficient (Wildman–Crippen LogP) is 2.61. The van der Waals surface area contributed by atoms with Crippen molar-refractivity contribution in [1.82, 2.24) is 9.38 Å². The standard InChI is InChI=1S/C16H12ClN3O3/c1-23-12-5-3-11(4-6-12)19-15(21)13-8-18-14-7-2-10(17)9-20(14)16(13)22/h2-9H,1H3,(H,19,21). The summed E-state index contributed by atoms with van der Waals surface area (Å²) in [5.74, 6) is 0.132. The van der Waals surface area contributed by atoms with Gasteiger partial charge in [0.15, 0.2) is 0 Å². The molecule has 0 aliphatic carbocycles. The quantitative estimate of drug-likeness (QED) is 0.801. The minimum absolute atomic E-state index is 0.0689. The molecule has 1 N–H and O–H groups in total. The first-order valence-corrected chi connectivity index (χ1v) is 7.08. The molecule has 3 aromatic rings. The first-order chi connectivity index (χ1) is 11.1. The summed E-state index contributed by atoms with van der Waals surface area (Å²) in [5, 5.41) is 3.03. The molecule has 1 aromatic carbocycles. The average Bonchev–Trinajstić information content (AvgIpc) is 2.56. The molecule has 23 heavy (non-hydrogen) atoms. The third-order valence-corrected chi connectivity index (χ3v) is 3.48. The van der Waals surface area contributed by atoms with Crippen molar-refractivity contribution in [2.45, 2.75) is 0 Å². The average molecular weight is 330 g/mol. The van der Waals surface area contributed by atoms with Crippen LogP contribution in [0.25, 0.3) is 5.65 Å². The van der Waals surface area contributed by atoms with Gasteiger partial charge in [0.1, 0.15) is 17.0 Å². The number of ether oxygens (including phenoxy) is 1. The Bertz CT molecular complexity index is 935. The zero-order valence-corrected chi connectivity index (χ0v) is 12.9. The van der Waals surface area contributed by atoms with Crippen molar-refractivity contribution in [3.8, 4) is 5.75 Å². The molecule has 0 atom stereocenters. The highest BCUT2D eigenvalue weighted by molar-refractivity contribution is 6.30. The summed E-state index contributed by atoms with van der Waals surface area (Å²) in [6.07, 6.45) is 2.68. The minimum Gasteiger partial charge on any atom is -0.497 e. The number of halogens is 1. The molecule has 0 fully saturated rings. The number of amides is 1. The molecule has 3 rings (SSSR count). The van der Waals surface area contributed by atoms with Crippen LogP contribution in [0.4, 0.5) is 5.69 Å². The van der Waals surface area contributed by atoms with Crippen molar-refractivity contribution in [3.05, 3.63) is 69.7 Å². The number of benzene rings is 1. The number of fused-ring (bicyclic) bond motifs is 1. The van der Waals surface area contributed by atoms with Crippen molar-refractivity contribution in [2.24, 2.45) is 0 Å². The largest absolute Gasteiger partial charge is 0.497 e. The minimum atomic E-state index is -0.540. The molecular formula is C16H12ClN3O3. The molecule has 2 heterocycles. The summed E-state index contributed by atoms with van der Waals surface area (Å²) in [4.78, 5) is 28.8. The van der Waals surface area contributed by atoms with Gasteiger partial charge < -0.3 is 10.1 Å². The van der Waals surface area contributed by atoms with Crippen LogP contribution in [0.1, 0.15) is 10.4 Å². The van der Waals surface area contributed by atoms with Crippen molar-refractivity contribution in [3.63, 3.8) is 0 Å². The third kappa shape index (κ3) is 3.02. The van der Waals surface area contributed by atoms with Gasteiger partial charge in [-0.3, -0.25) is 14.0 Å². The maximum atomic E-state index is 12.4. The first-order valence-electron chi connectivity index (χ1n) is 6.71. The number of nitrogens with zero attached hydrogens (tertiary/aromatic N) is 2. The van der Waals surface area contributed by atoms with E-state index in [9.17, 15) is 9.59 Å². The molecule has 0 spiro atoms. The number of hydrogen-bond acceptors (Lipinski definition) is 4. The highest BCUT2D eigenvalue weighted by Crippen LogP contribution is 2.15. The Morgan fingerprint density at radius 3 is 2.65 bits per heavy atom. The third-order valence-electron chi connectivity index (χ3n) is 3.26. The Balaban J connectivity index is 1.94. The molecule has 0 unspecified atom stereocenters. The Morgan fingerprint density at radius 2 is 1.96 bits per heavy atom. The first kappa shape index (κ1) is 15.1. The molecule has 2 aromatic heterocycles. The number of pyridine rings is 1. The maximum absolute atomic E-state index is 12.4. The fourth-order valence-corrected chi connectivity index (χ4v) is 2.24. The van der Waals surface area contributed by atoms with E-state index in [1.165, 1.54) is 16.8 Å². The van der Waals surface area contributed by atoms with Crippen LogP contribution in [0.2, 0.25) is 5.02 Å². The van der Waals surface area contributed by atoms with Crippen LogP contribution in [-0.2, 0) is 0 Å². The lowest BCUT2D eigenvalue weighted by atomic mass is 10.2. The van der Waals surface area contributed by atoms with E-state index in [0.29, 0.717) is 22.1 Å². The smallest absolute Gasteiger partial charge is 0.270 e. The molecule has 0 saturated heterocycles. The number of nitrogens with one attached hydrogen (secondary N) is 1. The Labute approximate surface area is 136 Å². The summed E-state index contributed by atoms with van der Waals surface area (Å²) in [7, 11) is 1.56. The summed E-state index contributed by atoms with van der Waals surface area (Å²) in [6, 6.07) is 10.0. The second-order valence-corrected chi connectivity index (χ2v) is 5.17. The number of methoxy groups -OCH3 is 1. The van der Waals surface area contributed by atoms with Crippen LogP contribution in [0, 0.1) is 0 Å². The van der Waals surface area contributed by atoms with Gasteiger partial charge in [0, 0.05) is 18.1 Å². The van der Waals surface area contributed by atoms with Crippen molar-refractivity contribution in [2.75, 3.05) is 12.4 Å². The van der Waals surface area contributed by atoms with Crippen molar-refractivity contribution in [1.29, 1.82) is 0 Å². The normalized spacial score (nSPS) is 10.5. The molecular weight excluding hydrogens is 318 g/mol. The lowest BCUT2D eigenvalue weighted by Gasteiger charge is -2.07. The van der Waals surface area contributed by atoms with Crippen LogP contribution in [0.15, 0.2) is 53.6 Å². The van der Waals surface area contributed by atoms with Gasteiger partial charge in [-0.1, -0.05) is 11.6 Å². The fourth-order valence-electron chi connectivity index (χ4n) is 2.08. The summed E-state index contributed by atoms with van der Waals surface area (Å²) < 4.78 is 6.29. The summed E-state index contributed by atoms with van der Waals surface area (Å²) >= 11 is 5.88. The maximum Gasteiger partial charge on any atom is 0.270 e. The van der Waals surface area contributed by atoms with E-state index in [-0.39, 0.29) is 5.56 Å². The SMILES string of the molecule is COc1ccc(NC(=O)c2cnc3ccc(Cl)cn3c2=O)cc1. The van der Waals surface area contributed by atoms with Gasteiger partial charge in [-0.05, 0) is 36.4 Å². The zero-order valence-electron chi connectivity index (χ0n) is 12.1. The Kier molecular flexibility index (Phi) is 3.99. The van der Waals surface area contributed by atoms with E-state index in [4.69, 9.17) is 16.3 Å². The number of hydrogen-bond donors (Lipinski definition) is 1. The molecule has 7 heteroatoms. The van der Waals surface area contributed by atoms with Gasteiger partial charge in [0.2, 0.25) is 0 Å². The van der Waals surface area contributed by atoms with Gasteiger partial charge in [-0.2, -0.15) is 0 Å². The van der Waals surface area contributed by atoms with E-state index in [1.54, 1.807) is 43.5 Å². The van der Waals surface area contributed by atoms with E-state index in [1.807, 2.05) is 0 Å². The lowest BCUT2D eigenvalue weighted by Crippen LogP contribution is -2.26. The van der Waals surface area contributed by atoms with E-state index in [0.717, 1.165) is 0 Å². The number of rotatable bonds is 3. The number of anilines is 1. The molecule has 0 aliphatic heterocycles. The van der Waals surface area contributed by atoms with Gasteiger partial charge >= 0.3 is 0 Å². The molecule has 0 saturated carbocycles. The van der Waals surface area contributed by atoms with Gasteiger partial charge in [0.05, 0.1) is 12.1 Å². The highest BCUT2D eigenvalue weighted by atomic mass is 35.5. The monoisotopic (exact) mass is 329 g/mol. The van der Waals surface area contributed by atoms with Crippen LogP contribution in [-0.4, -0.2) is 22.4 Å². The van der Waals surface area contributed by atoms with Gasteiger partial charge in [-0.15, -0.1) is 0 Å². The molecule has 116 valence electrons. The number of aromatic nitrogens is 2. The molecule has 6 nitrogen and oxygen atoms in total. The summed E-state index contributed by atoms with van der Waals surface area (Å²) in [6.45, 7) is 0. The lowest BCUT2D eigenvalue weighted by molar-refractivity contribution is 0.102. The Hall–Kier alpha value is -2.86. The topological polar surface area (TPSA) is 72.7 Å². The molecule has 0 bridgehead atoms. The zero-order chi connectivity index (χ0) is 16.4. The number of carbonyl (C=O) groups excluding carboxylic acids is 1. The highest BCUT2D eigenvalue weighted by Gasteiger charge is 2.13. The van der Waals surface area contributed by atoms with Gasteiger partial charge in [0.25, 0.3) is 11.5 Å². The second kappa shape index (κ2) is 6.10. The van der Waals surface area contributed by atoms with E-state index >= 15 is 0 Å². The fraction of sp³-hybridized carbons (Fsp3) is 0.0625. The van der Waals surface area contributed by atoms with E-state index < -0.39 is 11.5 Å². The van der Waals surface area contributed by atoms with Crippen LogP contribution in [0.3, 0.4) is 0 Å². The van der Waals surface area contributed by atoms with E-state index in [2.05, 4.69) is 10.3 Å². The Morgan fingerprint density at radius 1 is 1.22 bits per heavy atom. The second-order valence-electron chi connectivity index (χ2n) is 4.74. The molecule has 0 radical (unpaired) electrons. The van der Waals surface area contributed by atoms with Crippen molar-refractivity contribution < 1.29 is 9.53 Å². The molecule has 1 amide bonds.